The van der Waals surface area contributed by atoms with E-state index in [2.05, 4.69) is 13.8 Å². The van der Waals surface area contributed by atoms with Gasteiger partial charge in [0.25, 0.3) is 0 Å². The van der Waals surface area contributed by atoms with Crippen molar-refractivity contribution in [3.05, 3.63) is 0 Å². The van der Waals surface area contributed by atoms with Gasteiger partial charge in [0.2, 0.25) is 0 Å². The van der Waals surface area contributed by atoms with Crippen molar-refractivity contribution in [2.24, 2.45) is 17.2 Å². The third kappa shape index (κ3) is 10.3. The smallest absolute Gasteiger partial charge is 0.461 e. The molecule has 0 saturated carbocycles. The number of hydrogen-bond acceptors (Lipinski definition) is 10. The van der Waals surface area contributed by atoms with E-state index in [4.69, 9.17) is 21.9 Å². The van der Waals surface area contributed by atoms with Crippen LogP contribution in [0.4, 0.5) is 0 Å². The zero-order valence-corrected chi connectivity index (χ0v) is 12.2. The monoisotopic (exact) mass is 329 g/mol. The van der Waals surface area contributed by atoms with Gasteiger partial charge in [0.05, 0.1) is 26.3 Å². The highest BCUT2D eigenvalue weighted by atomic mass is 31.2. The van der Waals surface area contributed by atoms with Gasteiger partial charge < -0.3 is 31.6 Å². The quantitative estimate of drug-likeness (QED) is 0.231. The minimum Gasteiger partial charge on any atom is -0.461 e. The van der Waals surface area contributed by atoms with Crippen LogP contribution in [-0.4, -0.2) is 62.4 Å². The number of phosphoric acid groups is 1. The van der Waals surface area contributed by atoms with Gasteiger partial charge in [-0.25, -0.2) is 4.57 Å². The van der Waals surface area contributed by atoms with Gasteiger partial charge in [-0.1, -0.05) is 0 Å². The second kappa shape index (κ2) is 10.6. The molecular weight excluding hydrogens is 309 g/mol. The topological polar surface area (TPSA) is 186 Å². The first-order valence-electron chi connectivity index (χ1n) is 5.91. The van der Waals surface area contributed by atoms with Crippen LogP contribution in [0.1, 0.15) is 0 Å². The van der Waals surface area contributed by atoms with Crippen molar-refractivity contribution in [3.63, 3.8) is 0 Å². The number of nitrogens with two attached hydrogens (primary N) is 3. The largest absolute Gasteiger partial charge is 0.472 e. The van der Waals surface area contributed by atoms with Crippen LogP contribution in [0.5, 0.6) is 0 Å². The van der Waals surface area contributed by atoms with E-state index in [0.29, 0.717) is 0 Å². The van der Waals surface area contributed by atoms with E-state index in [1.165, 1.54) is 0 Å². The Bertz CT molecular complexity index is 380. The van der Waals surface area contributed by atoms with Gasteiger partial charge in [-0.05, 0) is 0 Å². The van der Waals surface area contributed by atoms with Crippen LogP contribution < -0.4 is 17.2 Å². The van der Waals surface area contributed by atoms with E-state index < -0.39 is 45.6 Å². The number of hydrogen-bond donors (Lipinski definition) is 4. The first-order valence-corrected chi connectivity index (χ1v) is 7.41. The summed E-state index contributed by atoms with van der Waals surface area (Å²) in [7, 11) is -4.34. The van der Waals surface area contributed by atoms with Crippen LogP contribution in [0.2, 0.25) is 0 Å². The molecule has 0 rings (SSSR count). The molecule has 0 fully saturated rings. The summed E-state index contributed by atoms with van der Waals surface area (Å²) < 4.78 is 29.9. The summed E-state index contributed by atoms with van der Waals surface area (Å²) in [6, 6.07) is 0. The van der Waals surface area contributed by atoms with Crippen molar-refractivity contribution in [2.45, 2.75) is 6.10 Å². The maximum absolute atomic E-state index is 11.4. The summed E-state index contributed by atoms with van der Waals surface area (Å²) in [5.74, 6) is -1.54. The van der Waals surface area contributed by atoms with E-state index in [0.717, 1.165) is 0 Å². The lowest BCUT2D eigenvalue weighted by atomic mass is 10.4. The summed E-state index contributed by atoms with van der Waals surface area (Å²) in [5.41, 5.74) is 15.2. The summed E-state index contributed by atoms with van der Waals surface area (Å²) in [4.78, 5) is 31.3. The molecule has 124 valence electrons. The fraction of sp³-hybridized carbons (Fsp3) is 0.778. The zero-order chi connectivity index (χ0) is 16.3. The van der Waals surface area contributed by atoms with Gasteiger partial charge in [-0.15, -0.1) is 0 Å². The Hall–Kier alpha value is -1.07. The molecule has 12 heteroatoms. The summed E-state index contributed by atoms with van der Waals surface area (Å²) in [6.07, 6.45) is -1.13. The summed E-state index contributed by atoms with van der Waals surface area (Å²) >= 11 is 0. The van der Waals surface area contributed by atoms with Gasteiger partial charge >= 0.3 is 19.8 Å². The molecular formula is C9H20N3O8P. The second-order valence-electron chi connectivity index (χ2n) is 3.59. The van der Waals surface area contributed by atoms with Crippen molar-refractivity contribution in [2.75, 3.05) is 39.5 Å². The van der Waals surface area contributed by atoms with Crippen LogP contribution >= 0.6 is 7.82 Å². The first-order chi connectivity index (χ1) is 9.84. The van der Waals surface area contributed by atoms with Gasteiger partial charge in [-0.2, -0.15) is 0 Å². The minimum atomic E-state index is -4.34. The molecule has 0 aliphatic rings. The molecule has 0 heterocycles. The Morgan fingerprint density at radius 2 is 1.67 bits per heavy atom. The van der Waals surface area contributed by atoms with Crippen LogP contribution in [0.3, 0.4) is 0 Å². The van der Waals surface area contributed by atoms with Gasteiger partial charge in [-0.3, -0.25) is 18.6 Å². The number of carbonyl (C=O) groups is 2. The van der Waals surface area contributed by atoms with Gasteiger partial charge in [0.15, 0.2) is 6.10 Å². The number of ether oxygens (including phenoxy) is 2. The molecule has 0 saturated heterocycles. The third-order valence-corrected chi connectivity index (χ3v) is 2.84. The molecule has 7 N–H and O–H groups in total. The van der Waals surface area contributed by atoms with E-state index in [1.807, 2.05) is 0 Å². The first kappa shape index (κ1) is 19.9. The SMILES string of the molecule is NCCOP(=O)(O)OC[C@@H](COC(=O)CN)OC(=O)CN. The average molecular weight is 329 g/mol. The van der Waals surface area contributed by atoms with Crippen molar-refractivity contribution >= 4 is 19.8 Å². The number of rotatable bonds is 11. The lowest BCUT2D eigenvalue weighted by Crippen LogP contribution is -2.33. The highest BCUT2D eigenvalue weighted by Crippen LogP contribution is 2.42. The van der Waals surface area contributed by atoms with Gasteiger partial charge in [0, 0.05) is 6.54 Å². The number of carbonyl (C=O) groups excluding carboxylic acids is 2. The maximum atomic E-state index is 11.4. The third-order valence-electron chi connectivity index (χ3n) is 1.86. The number of phosphoric ester groups is 1. The summed E-state index contributed by atoms with van der Waals surface area (Å²) in [6.45, 7) is -1.89. The second-order valence-corrected chi connectivity index (χ2v) is 5.04. The van der Waals surface area contributed by atoms with Crippen molar-refractivity contribution in [1.82, 2.24) is 0 Å². The van der Waals surface area contributed by atoms with E-state index in [9.17, 15) is 19.0 Å². The molecule has 0 radical (unpaired) electrons. The normalized spacial score (nSPS) is 15.0. The molecule has 0 bridgehead atoms. The highest BCUT2D eigenvalue weighted by molar-refractivity contribution is 7.47. The Morgan fingerprint density at radius 1 is 1.05 bits per heavy atom. The Morgan fingerprint density at radius 3 is 2.19 bits per heavy atom. The molecule has 0 aromatic rings. The van der Waals surface area contributed by atoms with E-state index in [1.54, 1.807) is 0 Å². The van der Waals surface area contributed by atoms with Crippen LogP contribution in [0.25, 0.3) is 0 Å². The Kier molecular flexibility index (Phi) is 10.1. The Labute approximate surface area is 121 Å². The van der Waals surface area contributed by atoms with E-state index in [-0.39, 0.29) is 19.7 Å². The molecule has 0 aliphatic heterocycles. The fourth-order valence-corrected chi connectivity index (χ4v) is 1.74. The zero-order valence-electron chi connectivity index (χ0n) is 11.3. The molecule has 21 heavy (non-hydrogen) atoms. The lowest BCUT2D eigenvalue weighted by Gasteiger charge is -2.19. The maximum Gasteiger partial charge on any atom is 0.472 e. The summed E-state index contributed by atoms with van der Waals surface area (Å²) in [5, 5.41) is 0. The molecule has 1 unspecified atom stereocenters. The fourth-order valence-electron chi connectivity index (χ4n) is 0.978. The lowest BCUT2D eigenvalue weighted by molar-refractivity contribution is -0.159. The Balaban J connectivity index is 4.41. The van der Waals surface area contributed by atoms with Crippen molar-refractivity contribution in [1.29, 1.82) is 0 Å². The number of esters is 2. The van der Waals surface area contributed by atoms with Crippen LogP contribution in [-0.2, 0) is 32.7 Å². The van der Waals surface area contributed by atoms with Crippen LogP contribution in [0.15, 0.2) is 0 Å². The van der Waals surface area contributed by atoms with Gasteiger partial charge in [0.1, 0.15) is 6.61 Å². The predicted molar refractivity (Wildman–Crippen MR) is 69.7 cm³/mol. The molecule has 0 amide bonds. The van der Waals surface area contributed by atoms with Crippen molar-refractivity contribution < 1.29 is 37.6 Å². The predicted octanol–water partition coefficient (Wildman–Crippen LogP) is -2.55. The molecule has 11 nitrogen and oxygen atoms in total. The molecule has 0 aliphatic carbocycles. The standard InChI is InChI=1S/C9H20N3O8P/c10-1-2-18-21(15,16)19-6-7(20-9(14)4-12)5-17-8(13)3-11/h7H,1-6,10-12H2,(H,15,16)/t7-/m1/s1. The molecule has 0 aromatic carbocycles. The molecule has 0 aromatic heterocycles. The highest BCUT2D eigenvalue weighted by Gasteiger charge is 2.25. The molecule has 2 atom stereocenters. The van der Waals surface area contributed by atoms with E-state index >= 15 is 0 Å². The van der Waals surface area contributed by atoms with Crippen LogP contribution in [0, 0.1) is 0 Å². The minimum absolute atomic E-state index is 0.0214. The van der Waals surface area contributed by atoms with Crippen molar-refractivity contribution in [3.8, 4) is 0 Å². The molecule has 0 spiro atoms. The average Bonchev–Trinajstić information content (AvgIpc) is 2.47.